The van der Waals surface area contributed by atoms with Gasteiger partial charge < -0.3 is 9.32 Å². The van der Waals surface area contributed by atoms with Gasteiger partial charge in [0, 0.05) is 27.5 Å². The number of nitrogens with zero attached hydrogens (tertiary/aromatic N) is 1. The summed E-state index contributed by atoms with van der Waals surface area (Å²) >= 11 is 0. The van der Waals surface area contributed by atoms with Gasteiger partial charge in [0.25, 0.3) is 0 Å². The van der Waals surface area contributed by atoms with Crippen molar-refractivity contribution in [3.8, 4) is 22.3 Å². The average molecular weight is 724 g/mol. The molecular formula is C55H33NO. The number of fused-ring (bicyclic) bond motifs is 20. The van der Waals surface area contributed by atoms with Gasteiger partial charge in [0.2, 0.25) is 0 Å². The van der Waals surface area contributed by atoms with Gasteiger partial charge in [-0.3, -0.25) is 0 Å². The maximum Gasteiger partial charge on any atom is 0.135 e. The van der Waals surface area contributed by atoms with Crippen LogP contribution in [-0.2, 0) is 5.41 Å². The van der Waals surface area contributed by atoms with Crippen LogP contribution in [0.25, 0.3) is 76.5 Å². The summed E-state index contributed by atoms with van der Waals surface area (Å²) in [6.45, 7) is 0. The highest BCUT2D eigenvalue weighted by atomic mass is 16.3. The molecule has 0 amide bonds. The van der Waals surface area contributed by atoms with Gasteiger partial charge in [-0.2, -0.15) is 0 Å². The van der Waals surface area contributed by atoms with E-state index in [0.717, 1.165) is 39.0 Å². The van der Waals surface area contributed by atoms with Crippen molar-refractivity contribution < 1.29 is 4.42 Å². The lowest BCUT2D eigenvalue weighted by Gasteiger charge is -2.33. The highest BCUT2D eigenvalue weighted by molar-refractivity contribution is 6.22. The number of para-hydroxylation sites is 2. The molecule has 0 fully saturated rings. The van der Waals surface area contributed by atoms with E-state index in [-0.39, 0.29) is 0 Å². The van der Waals surface area contributed by atoms with E-state index in [4.69, 9.17) is 4.42 Å². The second kappa shape index (κ2) is 11.3. The Morgan fingerprint density at radius 3 is 1.58 bits per heavy atom. The zero-order chi connectivity index (χ0) is 37.2. The number of benzene rings is 10. The van der Waals surface area contributed by atoms with Crippen molar-refractivity contribution in [2.45, 2.75) is 5.41 Å². The molecule has 264 valence electrons. The van der Waals surface area contributed by atoms with E-state index < -0.39 is 5.41 Å². The van der Waals surface area contributed by atoms with Crippen LogP contribution in [0.15, 0.2) is 205 Å². The second-order valence-corrected chi connectivity index (χ2v) is 15.5. The van der Waals surface area contributed by atoms with Gasteiger partial charge in [-0.25, -0.2) is 0 Å². The second-order valence-electron chi connectivity index (χ2n) is 15.5. The molecule has 0 saturated carbocycles. The fraction of sp³-hybridized carbons (Fsp3) is 0.0182. The van der Waals surface area contributed by atoms with Crippen LogP contribution in [0.1, 0.15) is 22.3 Å². The van der Waals surface area contributed by atoms with E-state index in [0.29, 0.717) is 0 Å². The largest absolute Gasteiger partial charge is 0.456 e. The van der Waals surface area contributed by atoms with Crippen LogP contribution in [-0.4, -0.2) is 0 Å². The molecule has 10 aromatic carbocycles. The summed E-state index contributed by atoms with van der Waals surface area (Å²) in [7, 11) is 0. The molecule has 2 aliphatic rings. The summed E-state index contributed by atoms with van der Waals surface area (Å²) in [5, 5.41) is 9.85. The molecule has 0 bridgehead atoms. The SMILES string of the molecule is c1ccc(N(c2ccc3oc4ccccc4c3c2)c2cc3c(c4ccccc24)C2(c4ccccc4-c4ccccc42)c2c-3c3ccccc3c3ccccc23)cc1. The molecule has 1 aromatic heterocycles. The van der Waals surface area contributed by atoms with Crippen molar-refractivity contribution >= 4 is 71.3 Å². The molecule has 0 atom stereocenters. The predicted octanol–water partition coefficient (Wildman–Crippen LogP) is 14.9. The van der Waals surface area contributed by atoms with Crippen LogP contribution in [0.2, 0.25) is 0 Å². The molecule has 2 heteroatoms. The zero-order valence-electron chi connectivity index (χ0n) is 30.9. The van der Waals surface area contributed by atoms with E-state index in [1.165, 1.54) is 76.8 Å². The number of furan rings is 1. The van der Waals surface area contributed by atoms with Gasteiger partial charge in [-0.15, -0.1) is 0 Å². The predicted molar refractivity (Wildman–Crippen MR) is 237 cm³/mol. The standard InChI is InChI=1S/C55H33NO/c1-2-16-34(17-3-1)56(35-30-31-51-45(32-35)41-23-12-15-29-50(41)57-51)49-33-46-52-42-24-7-4-18-36(42)37-19-5-8-25-43(37)54(52)55(53(46)44-26-9-6-22-40(44)49)47-27-13-10-20-38(47)39-21-11-14-28-48(39)55/h1-33H. The van der Waals surface area contributed by atoms with Crippen LogP contribution in [0.4, 0.5) is 17.1 Å². The highest BCUT2D eigenvalue weighted by Gasteiger charge is 2.54. The Kier molecular flexibility index (Phi) is 6.13. The maximum absolute atomic E-state index is 6.34. The molecule has 2 aliphatic carbocycles. The number of rotatable bonds is 3. The van der Waals surface area contributed by atoms with Gasteiger partial charge in [-0.05, 0) is 114 Å². The smallest absolute Gasteiger partial charge is 0.135 e. The third-order valence-electron chi connectivity index (χ3n) is 12.8. The maximum atomic E-state index is 6.34. The lowest BCUT2D eigenvalue weighted by atomic mass is 9.68. The molecule has 0 saturated heterocycles. The highest BCUT2D eigenvalue weighted by Crippen LogP contribution is 2.67. The van der Waals surface area contributed by atoms with E-state index >= 15 is 0 Å². The molecule has 0 aliphatic heterocycles. The lowest BCUT2D eigenvalue weighted by molar-refractivity contribution is 0.669. The Morgan fingerprint density at radius 2 is 0.860 bits per heavy atom. The Bertz CT molecular complexity index is 3440. The minimum absolute atomic E-state index is 0.536. The van der Waals surface area contributed by atoms with Gasteiger partial charge in [0.15, 0.2) is 0 Å². The van der Waals surface area contributed by atoms with E-state index in [1.54, 1.807) is 0 Å². The summed E-state index contributed by atoms with van der Waals surface area (Å²) in [4.78, 5) is 2.45. The summed E-state index contributed by atoms with van der Waals surface area (Å²) in [5.74, 6) is 0. The van der Waals surface area contributed by atoms with Gasteiger partial charge in [0.05, 0.1) is 11.1 Å². The minimum Gasteiger partial charge on any atom is -0.456 e. The van der Waals surface area contributed by atoms with Crippen molar-refractivity contribution in [3.63, 3.8) is 0 Å². The van der Waals surface area contributed by atoms with Crippen LogP contribution in [0.5, 0.6) is 0 Å². The molecule has 1 heterocycles. The van der Waals surface area contributed by atoms with E-state index in [9.17, 15) is 0 Å². The fourth-order valence-electron chi connectivity index (χ4n) is 10.7. The molecule has 57 heavy (non-hydrogen) atoms. The van der Waals surface area contributed by atoms with Gasteiger partial charge in [-0.1, -0.05) is 158 Å². The topological polar surface area (TPSA) is 16.4 Å². The van der Waals surface area contributed by atoms with Crippen molar-refractivity contribution in [2.24, 2.45) is 0 Å². The summed E-state index contributed by atoms with van der Waals surface area (Å²) < 4.78 is 6.34. The molecule has 13 rings (SSSR count). The van der Waals surface area contributed by atoms with Gasteiger partial charge in [0.1, 0.15) is 11.2 Å². The molecule has 0 unspecified atom stereocenters. The first-order chi connectivity index (χ1) is 28.3. The Hall–Kier alpha value is -7.42. The number of hydrogen-bond acceptors (Lipinski definition) is 2. The Balaban J connectivity index is 1.23. The fourth-order valence-corrected chi connectivity index (χ4v) is 10.7. The Morgan fingerprint density at radius 1 is 0.333 bits per heavy atom. The molecule has 0 N–H and O–H groups in total. The summed E-state index contributed by atoms with van der Waals surface area (Å²) in [5.41, 5.74) is 15.2. The lowest BCUT2D eigenvalue weighted by Crippen LogP contribution is -2.26. The molecule has 1 spiro atoms. The van der Waals surface area contributed by atoms with Crippen molar-refractivity contribution in [2.75, 3.05) is 4.90 Å². The monoisotopic (exact) mass is 723 g/mol. The number of anilines is 3. The quantitative estimate of drug-likeness (QED) is 0.169. The van der Waals surface area contributed by atoms with Gasteiger partial charge >= 0.3 is 0 Å². The van der Waals surface area contributed by atoms with Crippen LogP contribution >= 0.6 is 0 Å². The van der Waals surface area contributed by atoms with Crippen molar-refractivity contribution in [1.29, 1.82) is 0 Å². The molecule has 0 radical (unpaired) electrons. The first-order valence-electron chi connectivity index (χ1n) is 19.8. The van der Waals surface area contributed by atoms with Crippen molar-refractivity contribution in [3.05, 3.63) is 222 Å². The van der Waals surface area contributed by atoms with Crippen LogP contribution in [0.3, 0.4) is 0 Å². The first-order valence-corrected chi connectivity index (χ1v) is 19.8. The molecule has 2 nitrogen and oxygen atoms in total. The van der Waals surface area contributed by atoms with Crippen LogP contribution in [0, 0.1) is 0 Å². The zero-order valence-corrected chi connectivity index (χ0v) is 30.9. The Labute approximate surface area is 329 Å². The van der Waals surface area contributed by atoms with E-state index in [1.807, 2.05) is 6.07 Å². The minimum atomic E-state index is -0.536. The first kappa shape index (κ1) is 30.9. The summed E-state index contributed by atoms with van der Waals surface area (Å²) in [6.07, 6.45) is 0. The molecule has 11 aromatic rings. The third-order valence-corrected chi connectivity index (χ3v) is 12.8. The summed E-state index contributed by atoms with van der Waals surface area (Å²) in [6, 6.07) is 73.9. The third kappa shape index (κ3) is 3.94. The average Bonchev–Trinajstić information content (AvgIpc) is 3.91. The normalized spacial score (nSPS) is 13.4. The van der Waals surface area contributed by atoms with Crippen molar-refractivity contribution in [1.82, 2.24) is 0 Å². The molecular weight excluding hydrogens is 691 g/mol. The van der Waals surface area contributed by atoms with Crippen LogP contribution < -0.4 is 4.90 Å². The number of hydrogen-bond donors (Lipinski definition) is 0. The van der Waals surface area contributed by atoms with E-state index in [2.05, 4.69) is 199 Å².